The van der Waals surface area contributed by atoms with Crippen LogP contribution in [0.15, 0.2) is 44.7 Å². The Balaban J connectivity index is 2.16. The normalized spacial score (nSPS) is 12.5. The predicted molar refractivity (Wildman–Crippen MR) is 124 cm³/mol. The van der Waals surface area contributed by atoms with Crippen LogP contribution in [-0.4, -0.2) is 29.1 Å². The van der Waals surface area contributed by atoms with Gasteiger partial charge in [-0.15, -0.1) is 0 Å². The first-order chi connectivity index (χ1) is 14.4. The maximum atomic E-state index is 13.1. The van der Waals surface area contributed by atoms with Crippen LogP contribution < -0.4 is 15.0 Å². The predicted octanol–water partition coefficient (Wildman–Crippen LogP) is 5.44. The summed E-state index contributed by atoms with van der Waals surface area (Å²) in [4.78, 5) is 17.7. The van der Waals surface area contributed by atoms with Crippen molar-refractivity contribution in [3.63, 3.8) is 0 Å². The molecule has 3 rings (SSSR count). The number of halogens is 2. The molecule has 0 saturated heterocycles. The lowest BCUT2D eigenvalue weighted by atomic mass is 10.2. The zero-order valence-corrected chi connectivity index (χ0v) is 19.6. The SMILES string of the molecule is CCc1nc2ccc(Br)cc2c(=O)n1N=Cc1cc(Cl)cc(OC)c1O[C@H](C)CC. The molecule has 0 aliphatic rings. The number of aromatic nitrogens is 2. The van der Waals surface area contributed by atoms with Crippen LogP contribution in [0.4, 0.5) is 0 Å². The van der Waals surface area contributed by atoms with Crippen molar-refractivity contribution in [2.75, 3.05) is 7.11 Å². The minimum Gasteiger partial charge on any atom is -0.493 e. The van der Waals surface area contributed by atoms with E-state index in [1.165, 1.54) is 4.68 Å². The number of hydrogen-bond donors (Lipinski definition) is 0. The average Bonchev–Trinajstić information content (AvgIpc) is 2.74. The summed E-state index contributed by atoms with van der Waals surface area (Å²) in [7, 11) is 1.56. The molecule has 30 heavy (non-hydrogen) atoms. The van der Waals surface area contributed by atoms with Gasteiger partial charge in [0.05, 0.1) is 30.3 Å². The first-order valence-electron chi connectivity index (χ1n) is 9.67. The number of ether oxygens (including phenoxy) is 2. The Hall–Kier alpha value is -2.38. The fraction of sp³-hybridized carbons (Fsp3) is 0.318. The van der Waals surface area contributed by atoms with Crippen LogP contribution >= 0.6 is 27.5 Å². The summed E-state index contributed by atoms with van der Waals surface area (Å²) in [5.74, 6) is 1.60. The molecule has 3 aromatic rings. The second-order valence-corrected chi connectivity index (χ2v) is 8.12. The topological polar surface area (TPSA) is 65.7 Å². The van der Waals surface area contributed by atoms with Crippen LogP contribution in [0, 0.1) is 0 Å². The van der Waals surface area contributed by atoms with E-state index in [4.69, 9.17) is 21.1 Å². The van der Waals surface area contributed by atoms with E-state index < -0.39 is 0 Å². The quantitative estimate of drug-likeness (QED) is 0.412. The third-order valence-electron chi connectivity index (χ3n) is 4.67. The van der Waals surface area contributed by atoms with E-state index in [1.54, 1.807) is 31.5 Å². The van der Waals surface area contributed by atoms with Gasteiger partial charge in [-0.3, -0.25) is 4.79 Å². The molecule has 0 aliphatic heterocycles. The fourth-order valence-corrected chi connectivity index (χ4v) is 3.49. The summed E-state index contributed by atoms with van der Waals surface area (Å²) in [5.41, 5.74) is 1.01. The summed E-state index contributed by atoms with van der Waals surface area (Å²) in [6.07, 6.45) is 2.90. The van der Waals surface area contributed by atoms with Gasteiger partial charge in [-0.05, 0) is 37.6 Å². The molecule has 158 valence electrons. The van der Waals surface area contributed by atoms with Gasteiger partial charge in [-0.2, -0.15) is 9.78 Å². The van der Waals surface area contributed by atoms with Gasteiger partial charge in [0, 0.05) is 27.5 Å². The number of methoxy groups -OCH3 is 1. The first-order valence-corrected chi connectivity index (χ1v) is 10.8. The van der Waals surface area contributed by atoms with Gasteiger partial charge in [0.25, 0.3) is 5.56 Å². The summed E-state index contributed by atoms with van der Waals surface area (Å²) >= 11 is 9.66. The van der Waals surface area contributed by atoms with Crippen LogP contribution in [0.2, 0.25) is 5.02 Å². The zero-order valence-electron chi connectivity index (χ0n) is 17.3. The smallest absolute Gasteiger partial charge is 0.282 e. The number of nitrogens with zero attached hydrogens (tertiary/aromatic N) is 3. The van der Waals surface area contributed by atoms with Crippen molar-refractivity contribution >= 4 is 44.6 Å². The van der Waals surface area contributed by atoms with Crippen LogP contribution in [-0.2, 0) is 6.42 Å². The number of benzene rings is 2. The Bertz CT molecular complexity index is 1160. The van der Waals surface area contributed by atoms with Gasteiger partial charge in [-0.25, -0.2) is 4.98 Å². The minimum atomic E-state index is -0.243. The lowest BCUT2D eigenvalue weighted by Crippen LogP contribution is -2.22. The monoisotopic (exact) mass is 491 g/mol. The van der Waals surface area contributed by atoms with E-state index in [1.807, 2.05) is 32.9 Å². The molecule has 0 saturated carbocycles. The Morgan fingerprint density at radius 2 is 2.07 bits per heavy atom. The average molecular weight is 493 g/mol. The van der Waals surface area contributed by atoms with Crippen molar-refractivity contribution in [1.82, 2.24) is 9.66 Å². The summed E-state index contributed by atoms with van der Waals surface area (Å²) in [6.45, 7) is 5.94. The molecule has 8 heteroatoms. The Morgan fingerprint density at radius 3 is 2.73 bits per heavy atom. The summed E-state index contributed by atoms with van der Waals surface area (Å²) < 4.78 is 13.6. The second-order valence-electron chi connectivity index (χ2n) is 6.77. The number of aryl methyl sites for hydroxylation is 1. The molecule has 0 N–H and O–H groups in total. The number of rotatable bonds is 7. The molecule has 1 aromatic heterocycles. The number of hydrogen-bond acceptors (Lipinski definition) is 5. The largest absolute Gasteiger partial charge is 0.493 e. The molecule has 1 atom stereocenters. The van der Waals surface area contributed by atoms with Crippen LogP contribution in [0.3, 0.4) is 0 Å². The molecule has 0 spiro atoms. The third-order valence-corrected chi connectivity index (χ3v) is 5.38. The van der Waals surface area contributed by atoms with Crippen molar-refractivity contribution in [3.8, 4) is 11.5 Å². The van der Waals surface area contributed by atoms with Crippen molar-refractivity contribution in [2.45, 2.75) is 39.7 Å². The molecule has 0 unspecified atom stereocenters. The highest BCUT2D eigenvalue weighted by atomic mass is 79.9. The zero-order chi connectivity index (χ0) is 21.8. The van der Waals surface area contributed by atoms with E-state index in [0.717, 1.165) is 10.9 Å². The maximum Gasteiger partial charge on any atom is 0.282 e. The molecule has 2 aromatic carbocycles. The molecule has 1 heterocycles. The summed E-state index contributed by atoms with van der Waals surface area (Å²) in [6, 6.07) is 8.84. The van der Waals surface area contributed by atoms with Crippen molar-refractivity contribution in [2.24, 2.45) is 5.10 Å². The van der Waals surface area contributed by atoms with Gasteiger partial charge in [-0.1, -0.05) is 41.4 Å². The van der Waals surface area contributed by atoms with Gasteiger partial charge >= 0.3 is 0 Å². The Morgan fingerprint density at radius 1 is 1.30 bits per heavy atom. The van der Waals surface area contributed by atoms with Gasteiger partial charge in [0.15, 0.2) is 11.5 Å². The lowest BCUT2D eigenvalue weighted by Gasteiger charge is -2.18. The molecule has 0 amide bonds. The maximum absolute atomic E-state index is 13.1. The Labute approximate surface area is 188 Å². The van der Waals surface area contributed by atoms with E-state index in [9.17, 15) is 4.79 Å². The molecule has 0 aliphatic carbocycles. The van der Waals surface area contributed by atoms with Crippen molar-refractivity contribution in [3.05, 3.63) is 61.6 Å². The fourth-order valence-electron chi connectivity index (χ4n) is 2.91. The molecule has 0 fully saturated rings. The standard InChI is InChI=1S/C22H23BrClN3O3/c1-5-13(3)30-21-14(9-16(24)11-19(21)29-4)12-25-27-20(6-2)26-18-8-7-15(23)10-17(18)22(27)28/h7-13H,5-6H2,1-4H3/t13-/m1/s1. The van der Waals surface area contributed by atoms with Crippen LogP contribution in [0.1, 0.15) is 38.6 Å². The lowest BCUT2D eigenvalue weighted by molar-refractivity contribution is 0.207. The minimum absolute atomic E-state index is 0.0270. The highest BCUT2D eigenvalue weighted by molar-refractivity contribution is 9.10. The van der Waals surface area contributed by atoms with E-state index in [0.29, 0.717) is 45.2 Å². The van der Waals surface area contributed by atoms with E-state index >= 15 is 0 Å². The van der Waals surface area contributed by atoms with Gasteiger partial charge < -0.3 is 9.47 Å². The van der Waals surface area contributed by atoms with Gasteiger partial charge in [0.1, 0.15) is 5.82 Å². The Kier molecular flexibility index (Phi) is 7.15. The van der Waals surface area contributed by atoms with Crippen molar-refractivity contribution in [1.29, 1.82) is 0 Å². The van der Waals surface area contributed by atoms with Gasteiger partial charge in [0.2, 0.25) is 0 Å². The molecule has 0 bridgehead atoms. The van der Waals surface area contributed by atoms with Crippen LogP contribution in [0.25, 0.3) is 10.9 Å². The number of fused-ring (bicyclic) bond motifs is 1. The van der Waals surface area contributed by atoms with E-state index in [-0.39, 0.29) is 11.7 Å². The molecular weight excluding hydrogens is 470 g/mol. The van der Waals surface area contributed by atoms with E-state index in [2.05, 4.69) is 26.0 Å². The molecular formula is C22H23BrClN3O3. The molecule has 6 nitrogen and oxygen atoms in total. The third kappa shape index (κ3) is 4.68. The van der Waals surface area contributed by atoms with Crippen molar-refractivity contribution < 1.29 is 9.47 Å². The van der Waals surface area contributed by atoms with Crippen LogP contribution in [0.5, 0.6) is 11.5 Å². The molecule has 0 radical (unpaired) electrons. The highest BCUT2D eigenvalue weighted by Crippen LogP contribution is 2.35. The highest BCUT2D eigenvalue weighted by Gasteiger charge is 2.15. The summed E-state index contributed by atoms with van der Waals surface area (Å²) in [5, 5.41) is 5.41. The second kappa shape index (κ2) is 9.62. The first kappa shape index (κ1) is 22.3.